The maximum Gasteiger partial charge on any atom is 0.343 e. The lowest BCUT2D eigenvalue weighted by molar-refractivity contribution is 0.0342. The monoisotopic (exact) mass is 408 g/mol. The maximum atomic E-state index is 12.5. The first-order valence-electron chi connectivity index (χ1n) is 10.4. The van der Waals surface area contributed by atoms with Crippen molar-refractivity contribution < 1.29 is 9.84 Å². The van der Waals surface area contributed by atoms with E-state index < -0.39 is 0 Å². The molecule has 0 spiro atoms. The van der Waals surface area contributed by atoms with Gasteiger partial charge in [0.25, 0.3) is 0 Å². The fourth-order valence-electron chi connectivity index (χ4n) is 3.79. The molecule has 1 aliphatic rings. The Morgan fingerprint density at radius 2 is 1.83 bits per heavy atom. The van der Waals surface area contributed by atoms with Crippen molar-refractivity contribution in [3.63, 3.8) is 0 Å². The highest BCUT2D eigenvalue weighted by Crippen LogP contribution is 2.30. The van der Waals surface area contributed by atoms with Gasteiger partial charge in [-0.15, -0.1) is 0 Å². The Labute approximate surface area is 175 Å². The summed E-state index contributed by atoms with van der Waals surface area (Å²) in [5.74, 6) is 0.861. The van der Waals surface area contributed by atoms with E-state index in [1.807, 2.05) is 24.3 Å². The van der Waals surface area contributed by atoms with Gasteiger partial charge in [0.15, 0.2) is 5.82 Å². The second kappa shape index (κ2) is 8.85. The first kappa shape index (κ1) is 20.4. The molecular formula is C23H28N4O3. The highest BCUT2D eigenvalue weighted by Gasteiger charge is 2.17. The Morgan fingerprint density at radius 1 is 1.10 bits per heavy atom. The van der Waals surface area contributed by atoms with Gasteiger partial charge in [-0.2, -0.15) is 5.10 Å². The molecular weight excluding hydrogens is 380 g/mol. The van der Waals surface area contributed by atoms with E-state index >= 15 is 0 Å². The average molecular weight is 409 g/mol. The number of hydrogen-bond acceptors (Lipinski definition) is 5. The summed E-state index contributed by atoms with van der Waals surface area (Å²) in [6.07, 6.45) is 0. The molecule has 0 aliphatic carbocycles. The number of aromatic amines is 1. The molecule has 1 saturated heterocycles. The molecule has 30 heavy (non-hydrogen) atoms. The number of phenols is 1. The predicted octanol–water partition coefficient (Wildman–Crippen LogP) is 2.95. The van der Waals surface area contributed by atoms with Crippen molar-refractivity contribution in [2.75, 3.05) is 26.3 Å². The van der Waals surface area contributed by atoms with E-state index in [2.05, 4.69) is 41.1 Å². The van der Waals surface area contributed by atoms with Crippen LogP contribution in [0.5, 0.6) is 5.75 Å². The zero-order valence-electron chi connectivity index (χ0n) is 17.5. The molecule has 2 aromatic carbocycles. The SMILES string of the molecule is CC(C)c1ccc(O)c(-c2n[nH]c(=O)n2Cc2cccc(CN3CCOCC3)c2)c1. The minimum absolute atomic E-state index is 0.112. The van der Waals surface area contributed by atoms with Gasteiger partial charge in [-0.3, -0.25) is 9.47 Å². The normalized spacial score (nSPS) is 15.0. The number of benzene rings is 2. The molecule has 158 valence electrons. The summed E-state index contributed by atoms with van der Waals surface area (Å²) in [5.41, 5.74) is 3.57. The van der Waals surface area contributed by atoms with Crippen LogP contribution in [-0.2, 0) is 17.8 Å². The van der Waals surface area contributed by atoms with E-state index in [0.717, 1.165) is 44.0 Å². The summed E-state index contributed by atoms with van der Waals surface area (Å²) in [6, 6.07) is 13.7. The minimum Gasteiger partial charge on any atom is -0.507 e. The van der Waals surface area contributed by atoms with Gasteiger partial charge < -0.3 is 9.84 Å². The van der Waals surface area contributed by atoms with Crippen molar-refractivity contribution in [1.82, 2.24) is 19.7 Å². The van der Waals surface area contributed by atoms with Crippen molar-refractivity contribution in [2.45, 2.75) is 32.9 Å². The first-order valence-corrected chi connectivity index (χ1v) is 10.4. The third kappa shape index (κ3) is 4.47. The van der Waals surface area contributed by atoms with Crippen molar-refractivity contribution in [3.05, 3.63) is 69.6 Å². The van der Waals surface area contributed by atoms with Crippen LogP contribution in [0.1, 0.15) is 36.5 Å². The number of aromatic hydroxyl groups is 1. The fourth-order valence-corrected chi connectivity index (χ4v) is 3.79. The van der Waals surface area contributed by atoms with Crippen LogP contribution in [-0.4, -0.2) is 51.1 Å². The van der Waals surface area contributed by atoms with E-state index in [1.165, 1.54) is 5.56 Å². The van der Waals surface area contributed by atoms with E-state index in [4.69, 9.17) is 4.74 Å². The second-order valence-corrected chi connectivity index (χ2v) is 8.08. The molecule has 0 bridgehead atoms. The molecule has 0 amide bonds. The van der Waals surface area contributed by atoms with Crippen molar-refractivity contribution in [2.24, 2.45) is 0 Å². The standard InChI is InChI=1S/C23H28N4O3/c1-16(2)19-6-7-21(28)20(13-19)22-24-25-23(29)27(22)15-18-5-3-4-17(12-18)14-26-8-10-30-11-9-26/h3-7,12-13,16,28H,8-11,14-15H2,1-2H3,(H,25,29). The topological polar surface area (TPSA) is 83.4 Å². The zero-order valence-corrected chi connectivity index (χ0v) is 17.5. The third-order valence-electron chi connectivity index (χ3n) is 5.53. The first-order chi connectivity index (χ1) is 14.5. The third-order valence-corrected chi connectivity index (χ3v) is 5.53. The Morgan fingerprint density at radius 3 is 2.57 bits per heavy atom. The zero-order chi connectivity index (χ0) is 21.1. The molecule has 1 aromatic heterocycles. The Kier molecular flexibility index (Phi) is 6.01. The van der Waals surface area contributed by atoms with Gasteiger partial charge >= 0.3 is 5.69 Å². The van der Waals surface area contributed by atoms with Crippen LogP contribution in [0.25, 0.3) is 11.4 Å². The number of phenolic OH excluding ortho intramolecular Hbond substituents is 1. The molecule has 2 N–H and O–H groups in total. The number of nitrogens with one attached hydrogen (secondary N) is 1. The lowest BCUT2D eigenvalue weighted by Crippen LogP contribution is -2.35. The van der Waals surface area contributed by atoms with Gasteiger partial charge in [-0.05, 0) is 34.7 Å². The largest absolute Gasteiger partial charge is 0.507 e. The van der Waals surface area contributed by atoms with Gasteiger partial charge in [-0.25, -0.2) is 9.89 Å². The highest BCUT2D eigenvalue weighted by molar-refractivity contribution is 5.65. The molecule has 1 fully saturated rings. The quantitative estimate of drug-likeness (QED) is 0.655. The van der Waals surface area contributed by atoms with Gasteiger partial charge in [-0.1, -0.05) is 44.2 Å². The van der Waals surface area contributed by atoms with Crippen molar-refractivity contribution in [1.29, 1.82) is 0 Å². The molecule has 7 nitrogen and oxygen atoms in total. The van der Waals surface area contributed by atoms with E-state index in [9.17, 15) is 9.90 Å². The fraction of sp³-hybridized carbons (Fsp3) is 0.391. The van der Waals surface area contributed by atoms with Crippen LogP contribution in [0.4, 0.5) is 0 Å². The summed E-state index contributed by atoms with van der Waals surface area (Å²) in [6.45, 7) is 8.83. The Balaban J connectivity index is 1.61. The number of H-pyrrole nitrogens is 1. The number of morpholine rings is 1. The van der Waals surface area contributed by atoms with Crippen molar-refractivity contribution in [3.8, 4) is 17.1 Å². The van der Waals surface area contributed by atoms with Crippen LogP contribution < -0.4 is 5.69 Å². The van der Waals surface area contributed by atoms with Gasteiger partial charge in [0.05, 0.1) is 25.3 Å². The molecule has 2 heterocycles. The summed E-state index contributed by atoms with van der Waals surface area (Å²) < 4.78 is 7.00. The van der Waals surface area contributed by atoms with Gasteiger partial charge in [0, 0.05) is 19.6 Å². The van der Waals surface area contributed by atoms with Crippen LogP contribution in [0.2, 0.25) is 0 Å². The highest BCUT2D eigenvalue weighted by atomic mass is 16.5. The predicted molar refractivity (Wildman–Crippen MR) is 116 cm³/mol. The van der Waals surface area contributed by atoms with E-state index in [1.54, 1.807) is 10.6 Å². The molecule has 0 atom stereocenters. The number of ether oxygens (including phenoxy) is 1. The van der Waals surface area contributed by atoms with Crippen LogP contribution in [0, 0.1) is 0 Å². The van der Waals surface area contributed by atoms with Crippen LogP contribution >= 0.6 is 0 Å². The summed E-state index contributed by atoms with van der Waals surface area (Å²) >= 11 is 0. The maximum absolute atomic E-state index is 12.5. The molecule has 3 aromatic rings. The van der Waals surface area contributed by atoms with Crippen LogP contribution in [0.3, 0.4) is 0 Å². The molecule has 4 rings (SSSR count). The number of aromatic nitrogens is 3. The number of nitrogens with zero attached hydrogens (tertiary/aromatic N) is 3. The summed E-state index contributed by atoms with van der Waals surface area (Å²) in [4.78, 5) is 14.9. The average Bonchev–Trinajstić information content (AvgIpc) is 3.09. The minimum atomic E-state index is -0.294. The van der Waals surface area contributed by atoms with Crippen molar-refractivity contribution >= 4 is 0 Å². The Bertz CT molecular complexity index is 1060. The van der Waals surface area contributed by atoms with E-state index in [0.29, 0.717) is 23.9 Å². The number of rotatable bonds is 6. The van der Waals surface area contributed by atoms with E-state index in [-0.39, 0.29) is 11.4 Å². The molecule has 1 aliphatic heterocycles. The van der Waals surface area contributed by atoms with Gasteiger partial charge in [0.1, 0.15) is 5.75 Å². The van der Waals surface area contributed by atoms with Gasteiger partial charge in [0.2, 0.25) is 0 Å². The molecule has 0 unspecified atom stereocenters. The summed E-state index contributed by atoms with van der Waals surface area (Å²) in [7, 11) is 0. The Hall–Kier alpha value is -2.90. The molecule has 7 heteroatoms. The lowest BCUT2D eigenvalue weighted by atomic mass is 10.00. The lowest BCUT2D eigenvalue weighted by Gasteiger charge is -2.26. The number of hydrogen-bond donors (Lipinski definition) is 2. The smallest absolute Gasteiger partial charge is 0.343 e. The van der Waals surface area contributed by atoms with Crippen LogP contribution in [0.15, 0.2) is 47.3 Å². The molecule has 0 radical (unpaired) electrons. The second-order valence-electron chi connectivity index (χ2n) is 8.08. The molecule has 0 saturated carbocycles. The summed E-state index contributed by atoms with van der Waals surface area (Å²) in [5, 5.41) is 17.2.